The Morgan fingerprint density at radius 3 is 2.79 bits per heavy atom. The number of ether oxygens (including phenoxy) is 1. The molecule has 7 nitrogen and oxygen atoms in total. The van der Waals surface area contributed by atoms with Crippen molar-refractivity contribution in [1.29, 1.82) is 0 Å². The van der Waals surface area contributed by atoms with Gasteiger partial charge in [0.25, 0.3) is 5.78 Å². The van der Waals surface area contributed by atoms with Crippen molar-refractivity contribution in [2.24, 2.45) is 0 Å². The molecule has 3 aromatic heterocycles. The first-order valence-corrected chi connectivity index (χ1v) is 10.6. The molecular weight excluding hydrogens is 374 g/mol. The highest BCUT2D eigenvalue weighted by molar-refractivity contribution is 7.99. The standard InChI is InChI=1S/C20H25N5O2S/c1-12-8-14(3)25-19(21-12)22-20(23-25)28-11-18(26)17-9-13(2)24(15(17)4)10-16-6-5-7-27-16/h8-9,16H,5-7,10-11H2,1-4H3/t16-/m1/s1. The number of carbonyl (C=O) groups is 1. The molecule has 4 heterocycles. The van der Waals surface area contributed by atoms with E-state index in [1.807, 2.05) is 39.8 Å². The number of carbonyl (C=O) groups excluding carboxylic acids is 1. The van der Waals surface area contributed by atoms with Crippen LogP contribution in [0.2, 0.25) is 0 Å². The van der Waals surface area contributed by atoms with Crippen LogP contribution in [0.15, 0.2) is 17.3 Å². The Morgan fingerprint density at radius 2 is 2.04 bits per heavy atom. The summed E-state index contributed by atoms with van der Waals surface area (Å²) in [6, 6.07) is 3.95. The lowest BCUT2D eigenvalue weighted by Crippen LogP contribution is -2.17. The minimum absolute atomic E-state index is 0.0939. The maximum absolute atomic E-state index is 12.8. The molecule has 8 heteroatoms. The Hall–Kier alpha value is -2.19. The Morgan fingerprint density at radius 1 is 1.21 bits per heavy atom. The van der Waals surface area contributed by atoms with Crippen LogP contribution in [0.25, 0.3) is 5.78 Å². The first-order chi connectivity index (χ1) is 13.4. The van der Waals surface area contributed by atoms with E-state index in [-0.39, 0.29) is 11.9 Å². The fraction of sp³-hybridized carbons (Fsp3) is 0.500. The van der Waals surface area contributed by atoms with E-state index >= 15 is 0 Å². The maximum Gasteiger partial charge on any atom is 0.253 e. The lowest BCUT2D eigenvalue weighted by molar-refractivity contribution is 0.0957. The van der Waals surface area contributed by atoms with Gasteiger partial charge < -0.3 is 9.30 Å². The van der Waals surface area contributed by atoms with Gasteiger partial charge in [-0.1, -0.05) is 11.8 Å². The first-order valence-electron chi connectivity index (χ1n) is 9.57. The first kappa shape index (κ1) is 19.1. The highest BCUT2D eigenvalue weighted by atomic mass is 32.2. The highest BCUT2D eigenvalue weighted by Crippen LogP contribution is 2.23. The van der Waals surface area contributed by atoms with Crippen molar-refractivity contribution in [3.05, 3.63) is 40.5 Å². The van der Waals surface area contributed by atoms with E-state index in [1.54, 1.807) is 4.52 Å². The predicted molar refractivity (Wildman–Crippen MR) is 108 cm³/mol. The van der Waals surface area contributed by atoms with Crippen molar-refractivity contribution in [2.45, 2.75) is 58.3 Å². The largest absolute Gasteiger partial charge is 0.376 e. The molecular formula is C20H25N5O2S. The van der Waals surface area contributed by atoms with Crippen LogP contribution in [-0.2, 0) is 11.3 Å². The van der Waals surface area contributed by atoms with Gasteiger partial charge in [-0.3, -0.25) is 4.79 Å². The van der Waals surface area contributed by atoms with Crippen LogP contribution in [0.4, 0.5) is 0 Å². The van der Waals surface area contributed by atoms with Crippen molar-refractivity contribution in [1.82, 2.24) is 24.1 Å². The molecule has 1 aliphatic rings. The predicted octanol–water partition coefficient (Wildman–Crippen LogP) is 3.31. The van der Waals surface area contributed by atoms with Gasteiger partial charge in [0.15, 0.2) is 5.78 Å². The molecule has 1 saturated heterocycles. The van der Waals surface area contributed by atoms with Gasteiger partial charge >= 0.3 is 0 Å². The van der Waals surface area contributed by atoms with Gasteiger partial charge in [-0.2, -0.15) is 4.98 Å². The molecule has 1 aliphatic heterocycles. The van der Waals surface area contributed by atoms with Gasteiger partial charge in [-0.05, 0) is 52.7 Å². The molecule has 0 N–H and O–H groups in total. The monoisotopic (exact) mass is 399 g/mol. The topological polar surface area (TPSA) is 74.3 Å². The highest BCUT2D eigenvalue weighted by Gasteiger charge is 2.21. The molecule has 1 atom stereocenters. The summed E-state index contributed by atoms with van der Waals surface area (Å²) in [5.41, 5.74) is 4.77. The van der Waals surface area contributed by atoms with Gasteiger partial charge in [0.2, 0.25) is 5.16 Å². The fourth-order valence-corrected chi connectivity index (χ4v) is 4.47. The van der Waals surface area contributed by atoms with Crippen LogP contribution in [-0.4, -0.2) is 48.4 Å². The quantitative estimate of drug-likeness (QED) is 0.468. The van der Waals surface area contributed by atoms with Crippen LogP contribution in [0.3, 0.4) is 0 Å². The Bertz CT molecular complexity index is 1030. The molecule has 0 amide bonds. The number of aromatic nitrogens is 5. The average molecular weight is 400 g/mol. The van der Waals surface area contributed by atoms with Crippen molar-refractivity contribution in [2.75, 3.05) is 12.4 Å². The summed E-state index contributed by atoms with van der Waals surface area (Å²) < 4.78 is 9.67. The second-order valence-corrected chi connectivity index (χ2v) is 8.33. The normalized spacial score (nSPS) is 16.9. The van der Waals surface area contributed by atoms with Crippen LogP contribution in [0.5, 0.6) is 0 Å². The van der Waals surface area contributed by atoms with Gasteiger partial charge in [0.1, 0.15) is 0 Å². The molecule has 0 aliphatic carbocycles. The minimum Gasteiger partial charge on any atom is -0.376 e. The number of hydrogen-bond donors (Lipinski definition) is 0. The van der Waals surface area contributed by atoms with E-state index in [0.29, 0.717) is 16.7 Å². The number of nitrogens with zero attached hydrogens (tertiary/aromatic N) is 5. The Balaban J connectivity index is 1.47. The minimum atomic E-state index is 0.0939. The van der Waals surface area contributed by atoms with E-state index in [2.05, 4.69) is 19.6 Å². The molecule has 3 aromatic rings. The lowest BCUT2D eigenvalue weighted by atomic mass is 10.2. The summed E-state index contributed by atoms with van der Waals surface area (Å²) in [6.45, 7) is 9.62. The van der Waals surface area contributed by atoms with E-state index in [4.69, 9.17) is 4.74 Å². The summed E-state index contributed by atoms with van der Waals surface area (Å²) in [5.74, 6) is 0.970. The number of aryl methyl sites for hydroxylation is 3. The molecule has 0 bridgehead atoms. The number of Topliss-reactive ketones (excluding diaryl/α,β-unsaturated/α-hetero) is 1. The van der Waals surface area contributed by atoms with Gasteiger partial charge in [0, 0.05) is 41.5 Å². The second kappa shape index (κ2) is 7.67. The SMILES string of the molecule is Cc1cc(C)n2nc(SCC(=O)c3cc(C)n(C[C@H]4CCCO4)c3C)nc2n1. The van der Waals surface area contributed by atoms with E-state index in [1.165, 1.54) is 11.8 Å². The summed E-state index contributed by atoms with van der Waals surface area (Å²) in [5, 5.41) is 5.04. The summed E-state index contributed by atoms with van der Waals surface area (Å²) in [7, 11) is 0. The molecule has 1 fully saturated rings. The Labute approximate surface area is 168 Å². The van der Waals surface area contributed by atoms with Crippen molar-refractivity contribution < 1.29 is 9.53 Å². The molecule has 4 rings (SSSR count). The molecule has 0 spiro atoms. The summed E-state index contributed by atoms with van der Waals surface area (Å²) in [4.78, 5) is 21.7. The molecule has 0 radical (unpaired) electrons. The maximum atomic E-state index is 12.8. The van der Waals surface area contributed by atoms with Crippen LogP contribution in [0, 0.1) is 27.7 Å². The van der Waals surface area contributed by atoms with Gasteiger partial charge in [-0.15, -0.1) is 5.10 Å². The number of thioether (sulfide) groups is 1. The zero-order chi connectivity index (χ0) is 19.8. The third kappa shape index (κ3) is 3.71. The molecule has 0 saturated carbocycles. The number of rotatable bonds is 6. The zero-order valence-corrected chi connectivity index (χ0v) is 17.5. The lowest BCUT2D eigenvalue weighted by Gasteiger charge is -2.14. The third-order valence-electron chi connectivity index (χ3n) is 5.22. The Kier molecular flexibility index (Phi) is 5.25. The summed E-state index contributed by atoms with van der Waals surface area (Å²) >= 11 is 1.35. The van der Waals surface area contributed by atoms with Crippen LogP contribution >= 0.6 is 11.8 Å². The third-order valence-corrected chi connectivity index (χ3v) is 6.05. The number of fused-ring (bicyclic) bond motifs is 1. The van der Waals surface area contributed by atoms with E-state index in [9.17, 15) is 4.79 Å². The van der Waals surface area contributed by atoms with Gasteiger partial charge in [0.05, 0.1) is 11.9 Å². The van der Waals surface area contributed by atoms with E-state index in [0.717, 1.165) is 54.3 Å². The smallest absolute Gasteiger partial charge is 0.253 e. The van der Waals surface area contributed by atoms with Crippen LogP contribution < -0.4 is 0 Å². The molecule has 0 unspecified atom stereocenters. The molecule has 0 aromatic carbocycles. The van der Waals surface area contributed by atoms with E-state index < -0.39 is 0 Å². The average Bonchev–Trinajstić information content (AvgIpc) is 3.36. The summed E-state index contributed by atoms with van der Waals surface area (Å²) in [6.07, 6.45) is 2.46. The number of ketones is 1. The molecule has 148 valence electrons. The van der Waals surface area contributed by atoms with Crippen molar-refractivity contribution in [3.63, 3.8) is 0 Å². The van der Waals surface area contributed by atoms with Crippen molar-refractivity contribution in [3.8, 4) is 0 Å². The molecule has 28 heavy (non-hydrogen) atoms. The van der Waals surface area contributed by atoms with Crippen molar-refractivity contribution >= 4 is 23.3 Å². The number of hydrogen-bond acceptors (Lipinski definition) is 6. The van der Waals surface area contributed by atoms with Gasteiger partial charge in [-0.25, -0.2) is 9.50 Å². The van der Waals surface area contributed by atoms with Crippen LogP contribution in [0.1, 0.15) is 46.0 Å². The zero-order valence-electron chi connectivity index (χ0n) is 16.7. The fourth-order valence-electron chi connectivity index (χ4n) is 3.77. The second-order valence-electron chi connectivity index (χ2n) is 7.39.